The van der Waals surface area contributed by atoms with Crippen molar-refractivity contribution >= 4 is 17.5 Å². The molecular formula is C15H17N3O5. The van der Waals surface area contributed by atoms with Gasteiger partial charge < -0.3 is 14.5 Å². The van der Waals surface area contributed by atoms with E-state index in [1.54, 1.807) is 0 Å². The van der Waals surface area contributed by atoms with Crippen LogP contribution < -0.4 is 5.32 Å². The first-order valence-electron chi connectivity index (χ1n) is 6.89. The molecule has 1 atom stereocenters. The second-order valence-corrected chi connectivity index (χ2v) is 5.08. The molecule has 1 N–H and O–H groups in total. The van der Waals surface area contributed by atoms with Crippen LogP contribution in [0.25, 0.3) is 0 Å². The highest BCUT2D eigenvalue weighted by molar-refractivity contribution is 5.90. The van der Waals surface area contributed by atoms with Crippen molar-refractivity contribution in [1.29, 1.82) is 0 Å². The van der Waals surface area contributed by atoms with Crippen molar-refractivity contribution in [2.75, 3.05) is 12.4 Å². The third-order valence-corrected chi connectivity index (χ3v) is 3.38. The number of nitro groups is 1. The Morgan fingerprint density at radius 3 is 2.65 bits per heavy atom. The maximum absolute atomic E-state index is 11.5. The monoisotopic (exact) mass is 319 g/mol. The molecule has 122 valence electrons. The number of hydrogen-bond acceptors (Lipinski definition) is 7. The van der Waals surface area contributed by atoms with Crippen LogP contribution in [0.5, 0.6) is 0 Å². The van der Waals surface area contributed by atoms with Crippen LogP contribution in [0.15, 0.2) is 22.7 Å². The quantitative estimate of drug-likeness (QED) is 0.512. The summed E-state index contributed by atoms with van der Waals surface area (Å²) in [7, 11) is 1.20. The molecule has 0 aliphatic heterocycles. The van der Waals surface area contributed by atoms with Crippen molar-refractivity contribution in [3.63, 3.8) is 0 Å². The number of carbonyl (C=O) groups excluding carboxylic acids is 1. The van der Waals surface area contributed by atoms with Crippen molar-refractivity contribution < 1.29 is 18.9 Å². The van der Waals surface area contributed by atoms with Crippen molar-refractivity contribution in [3.05, 3.63) is 51.1 Å². The number of anilines is 1. The highest BCUT2D eigenvalue weighted by Gasteiger charge is 2.22. The summed E-state index contributed by atoms with van der Waals surface area (Å²) in [4.78, 5) is 26.1. The Hall–Kier alpha value is -2.90. The third-order valence-electron chi connectivity index (χ3n) is 3.38. The molecule has 2 aromatic rings. The molecular weight excluding hydrogens is 302 g/mol. The molecule has 0 bridgehead atoms. The van der Waals surface area contributed by atoms with Gasteiger partial charge in [0.2, 0.25) is 5.82 Å². The van der Waals surface area contributed by atoms with Gasteiger partial charge in [-0.2, -0.15) is 0 Å². The standard InChI is InChI=1S/C15H17N3O5/c1-8-5-12(10(3)23-8)9(2)17-14-13(18(20)21)6-11(7-16-14)15(19)22-4/h5-7,9H,1-4H3,(H,16,17). The van der Waals surface area contributed by atoms with E-state index in [1.807, 2.05) is 26.8 Å². The Kier molecular flexibility index (Phi) is 4.63. The number of nitrogens with one attached hydrogen (secondary N) is 1. The van der Waals surface area contributed by atoms with Crippen LogP contribution in [0.2, 0.25) is 0 Å². The van der Waals surface area contributed by atoms with Crippen molar-refractivity contribution in [1.82, 2.24) is 4.98 Å². The molecule has 0 aliphatic rings. The van der Waals surface area contributed by atoms with Crippen LogP contribution in [0.1, 0.15) is 40.4 Å². The average Bonchev–Trinajstić information content (AvgIpc) is 2.85. The smallest absolute Gasteiger partial charge is 0.339 e. The summed E-state index contributed by atoms with van der Waals surface area (Å²) in [6, 6.07) is 2.76. The van der Waals surface area contributed by atoms with Crippen molar-refractivity contribution in [2.24, 2.45) is 0 Å². The van der Waals surface area contributed by atoms with E-state index in [0.29, 0.717) is 0 Å². The summed E-state index contributed by atoms with van der Waals surface area (Å²) >= 11 is 0. The van der Waals surface area contributed by atoms with Crippen molar-refractivity contribution in [2.45, 2.75) is 26.8 Å². The van der Waals surface area contributed by atoms with E-state index in [-0.39, 0.29) is 23.1 Å². The molecule has 1 unspecified atom stereocenters. The molecule has 0 spiro atoms. The van der Waals surface area contributed by atoms with Gasteiger partial charge >= 0.3 is 11.7 Å². The lowest BCUT2D eigenvalue weighted by atomic mass is 10.1. The fraction of sp³-hybridized carbons (Fsp3) is 0.333. The molecule has 2 heterocycles. The van der Waals surface area contributed by atoms with E-state index in [2.05, 4.69) is 15.0 Å². The highest BCUT2D eigenvalue weighted by Crippen LogP contribution is 2.29. The molecule has 0 amide bonds. The first kappa shape index (κ1) is 16.5. The first-order valence-corrected chi connectivity index (χ1v) is 6.89. The number of furan rings is 1. The first-order chi connectivity index (χ1) is 10.8. The van der Waals surface area contributed by atoms with E-state index in [9.17, 15) is 14.9 Å². The zero-order valence-electron chi connectivity index (χ0n) is 13.2. The van der Waals surface area contributed by atoms with Crippen LogP contribution in [0.3, 0.4) is 0 Å². The topological polar surface area (TPSA) is 108 Å². The summed E-state index contributed by atoms with van der Waals surface area (Å²) < 4.78 is 10.0. The highest BCUT2D eigenvalue weighted by atomic mass is 16.6. The molecule has 0 aliphatic carbocycles. The average molecular weight is 319 g/mol. The minimum atomic E-state index is -0.679. The minimum Gasteiger partial charge on any atom is -0.466 e. The molecule has 0 saturated carbocycles. The number of ether oxygens (including phenoxy) is 1. The third kappa shape index (κ3) is 3.47. The Morgan fingerprint density at radius 1 is 1.43 bits per heavy atom. The maximum Gasteiger partial charge on any atom is 0.339 e. The summed E-state index contributed by atoms with van der Waals surface area (Å²) in [6.07, 6.45) is 1.24. The van der Waals surface area contributed by atoms with Crippen LogP contribution in [0.4, 0.5) is 11.5 Å². The summed E-state index contributed by atoms with van der Waals surface area (Å²) in [5.74, 6) is 0.890. The van der Waals surface area contributed by atoms with Gasteiger partial charge in [0.25, 0.3) is 0 Å². The molecule has 2 aromatic heterocycles. The van der Waals surface area contributed by atoms with E-state index in [1.165, 1.54) is 13.3 Å². The zero-order valence-corrected chi connectivity index (χ0v) is 13.2. The van der Waals surface area contributed by atoms with Crippen LogP contribution in [-0.2, 0) is 4.74 Å². The Morgan fingerprint density at radius 2 is 2.13 bits per heavy atom. The minimum absolute atomic E-state index is 0.0211. The van der Waals surface area contributed by atoms with E-state index < -0.39 is 10.9 Å². The largest absolute Gasteiger partial charge is 0.466 e. The van der Waals surface area contributed by atoms with Crippen LogP contribution in [0, 0.1) is 24.0 Å². The van der Waals surface area contributed by atoms with E-state index in [4.69, 9.17) is 4.42 Å². The van der Waals surface area contributed by atoms with E-state index in [0.717, 1.165) is 23.2 Å². The number of esters is 1. The summed E-state index contributed by atoms with van der Waals surface area (Å²) in [5, 5.41) is 14.2. The van der Waals surface area contributed by atoms with Crippen LogP contribution >= 0.6 is 0 Å². The molecule has 0 fully saturated rings. The molecule has 0 radical (unpaired) electrons. The van der Waals surface area contributed by atoms with Crippen molar-refractivity contribution in [3.8, 4) is 0 Å². The SMILES string of the molecule is COC(=O)c1cnc(NC(C)c2cc(C)oc2C)c([N+](=O)[O-])c1. The zero-order chi connectivity index (χ0) is 17.1. The summed E-state index contributed by atoms with van der Waals surface area (Å²) in [5.41, 5.74) is 0.612. The van der Waals surface area contributed by atoms with Gasteiger partial charge in [0.05, 0.1) is 23.6 Å². The molecule has 23 heavy (non-hydrogen) atoms. The number of rotatable bonds is 5. The second-order valence-electron chi connectivity index (χ2n) is 5.08. The predicted molar refractivity (Wildman–Crippen MR) is 82.5 cm³/mol. The fourth-order valence-corrected chi connectivity index (χ4v) is 2.30. The number of aryl methyl sites for hydroxylation is 2. The second kappa shape index (κ2) is 6.47. The number of aromatic nitrogens is 1. The predicted octanol–water partition coefficient (Wildman–Crippen LogP) is 3.16. The van der Waals surface area contributed by atoms with Gasteiger partial charge in [-0.25, -0.2) is 9.78 Å². The van der Waals surface area contributed by atoms with Gasteiger partial charge in [-0.05, 0) is 26.8 Å². The molecule has 8 nitrogen and oxygen atoms in total. The van der Waals surface area contributed by atoms with Gasteiger partial charge in [0.15, 0.2) is 0 Å². The molecule has 8 heteroatoms. The van der Waals surface area contributed by atoms with E-state index >= 15 is 0 Å². The Bertz CT molecular complexity index is 754. The Labute approximate surface area is 132 Å². The number of nitrogens with zero attached hydrogens (tertiary/aromatic N) is 2. The summed E-state index contributed by atoms with van der Waals surface area (Å²) in [6.45, 7) is 5.49. The number of methoxy groups -OCH3 is 1. The van der Waals surface area contributed by atoms with Gasteiger partial charge in [-0.3, -0.25) is 10.1 Å². The van der Waals surface area contributed by atoms with Gasteiger partial charge in [0, 0.05) is 17.8 Å². The fourth-order valence-electron chi connectivity index (χ4n) is 2.30. The van der Waals surface area contributed by atoms with Gasteiger partial charge in [-0.1, -0.05) is 0 Å². The van der Waals surface area contributed by atoms with Gasteiger partial charge in [-0.15, -0.1) is 0 Å². The van der Waals surface area contributed by atoms with Gasteiger partial charge in [0.1, 0.15) is 11.5 Å². The normalized spacial score (nSPS) is 11.8. The molecule has 2 rings (SSSR count). The maximum atomic E-state index is 11.5. The number of hydrogen-bond donors (Lipinski definition) is 1. The lowest BCUT2D eigenvalue weighted by Gasteiger charge is -2.14. The van der Waals surface area contributed by atoms with Crippen LogP contribution in [-0.4, -0.2) is 23.0 Å². The number of pyridine rings is 1. The number of carbonyl (C=O) groups is 1. The lowest BCUT2D eigenvalue weighted by Crippen LogP contribution is -2.11. The lowest BCUT2D eigenvalue weighted by molar-refractivity contribution is -0.384. The Balaban J connectivity index is 2.33. The molecule has 0 aromatic carbocycles. The molecule has 0 saturated heterocycles.